The molecule has 1 saturated carbocycles. The van der Waals surface area contributed by atoms with Crippen molar-refractivity contribution in [3.63, 3.8) is 0 Å². The first-order valence-electron chi connectivity index (χ1n) is 10.3. The summed E-state index contributed by atoms with van der Waals surface area (Å²) in [7, 11) is 0. The Hall–Kier alpha value is -3.56. The third-order valence-corrected chi connectivity index (χ3v) is 5.33. The van der Waals surface area contributed by atoms with Crippen molar-refractivity contribution in [1.29, 1.82) is 0 Å². The summed E-state index contributed by atoms with van der Waals surface area (Å²) in [5, 5.41) is 11.5. The Morgan fingerprint density at radius 3 is 2.58 bits per heavy atom. The van der Waals surface area contributed by atoms with E-state index in [1.54, 1.807) is 23.7 Å². The summed E-state index contributed by atoms with van der Waals surface area (Å²) >= 11 is 0. The van der Waals surface area contributed by atoms with Crippen molar-refractivity contribution in [3.05, 3.63) is 68.4 Å². The molecule has 3 aromatic rings. The first kappa shape index (κ1) is 20.7. The highest BCUT2D eigenvalue weighted by Gasteiger charge is 2.25. The number of aryl methyl sites for hydroxylation is 2. The lowest BCUT2D eigenvalue weighted by atomic mass is 10.3. The third kappa shape index (κ3) is 4.47. The van der Waals surface area contributed by atoms with Crippen molar-refractivity contribution in [2.75, 3.05) is 6.54 Å². The van der Waals surface area contributed by atoms with Gasteiger partial charge in [0.05, 0.1) is 17.7 Å². The molecular formula is C21H25N7O3. The minimum absolute atomic E-state index is 0.130. The first-order valence-corrected chi connectivity index (χ1v) is 10.3. The van der Waals surface area contributed by atoms with Crippen LogP contribution in [0, 0.1) is 13.8 Å². The molecule has 0 saturated heterocycles. The van der Waals surface area contributed by atoms with Gasteiger partial charge >= 0.3 is 0 Å². The molecule has 0 aromatic carbocycles. The Morgan fingerprint density at radius 2 is 1.94 bits per heavy atom. The van der Waals surface area contributed by atoms with E-state index in [2.05, 4.69) is 20.5 Å². The van der Waals surface area contributed by atoms with Gasteiger partial charge in [0, 0.05) is 36.8 Å². The van der Waals surface area contributed by atoms with Crippen molar-refractivity contribution in [2.24, 2.45) is 0 Å². The number of aromatic nitrogens is 6. The molecular weight excluding hydrogens is 398 g/mol. The number of carbonyl (C=O) groups excluding carboxylic acids is 1. The molecule has 1 aliphatic rings. The van der Waals surface area contributed by atoms with Crippen LogP contribution in [-0.4, -0.2) is 41.6 Å². The fourth-order valence-corrected chi connectivity index (χ4v) is 3.44. The fraction of sp³-hybridized carbons (Fsp3) is 0.429. The summed E-state index contributed by atoms with van der Waals surface area (Å²) in [4.78, 5) is 41.4. The number of carbonyl (C=O) groups is 1. The van der Waals surface area contributed by atoms with Crippen LogP contribution in [-0.2, 0) is 11.3 Å². The summed E-state index contributed by atoms with van der Waals surface area (Å²) in [5.74, 6) is 0.507. The molecule has 1 amide bonds. The molecule has 31 heavy (non-hydrogen) atoms. The first-order chi connectivity index (χ1) is 14.8. The Kier molecular flexibility index (Phi) is 5.53. The summed E-state index contributed by atoms with van der Waals surface area (Å²) in [6, 6.07) is 5.59. The van der Waals surface area contributed by atoms with Crippen LogP contribution in [0.1, 0.15) is 48.8 Å². The molecule has 0 radical (unpaired) electrons. The molecule has 10 nitrogen and oxygen atoms in total. The van der Waals surface area contributed by atoms with Gasteiger partial charge < -0.3 is 5.32 Å². The van der Waals surface area contributed by atoms with E-state index < -0.39 is 6.04 Å². The van der Waals surface area contributed by atoms with Crippen LogP contribution in [0.2, 0.25) is 0 Å². The summed E-state index contributed by atoms with van der Waals surface area (Å²) < 4.78 is 4.23. The summed E-state index contributed by atoms with van der Waals surface area (Å²) in [6.07, 6.45) is 3.69. The predicted octanol–water partition coefficient (Wildman–Crippen LogP) is 0.857. The van der Waals surface area contributed by atoms with Gasteiger partial charge in [-0.1, -0.05) is 0 Å². The molecule has 1 N–H and O–H groups in total. The predicted molar refractivity (Wildman–Crippen MR) is 113 cm³/mol. The Labute approximate surface area is 178 Å². The van der Waals surface area contributed by atoms with Crippen LogP contribution < -0.4 is 16.4 Å². The van der Waals surface area contributed by atoms with Gasteiger partial charge in [0.25, 0.3) is 11.1 Å². The van der Waals surface area contributed by atoms with Gasteiger partial charge in [-0.2, -0.15) is 5.10 Å². The second kappa shape index (κ2) is 8.29. The molecule has 0 aliphatic heterocycles. The van der Waals surface area contributed by atoms with E-state index in [9.17, 15) is 14.4 Å². The number of amides is 1. The summed E-state index contributed by atoms with van der Waals surface area (Å²) in [6.45, 7) is 5.90. The monoisotopic (exact) mass is 423 g/mol. The quantitative estimate of drug-likeness (QED) is 0.602. The lowest BCUT2D eigenvalue weighted by molar-refractivity contribution is -0.124. The lowest BCUT2D eigenvalue weighted by Gasteiger charge is -2.15. The Bertz CT molecular complexity index is 1240. The lowest BCUT2D eigenvalue weighted by Crippen LogP contribution is -2.39. The van der Waals surface area contributed by atoms with E-state index in [4.69, 9.17) is 0 Å². The second-order valence-corrected chi connectivity index (χ2v) is 7.90. The largest absolute Gasteiger partial charge is 0.352 e. The zero-order chi connectivity index (χ0) is 22.1. The molecule has 3 heterocycles. The van der Waals surface area contributed by atoms with E-state index in [1.807, 2.05) is 19.9 Å². The van der Waals surface area contributed by atoms with Gasteiger partial charge in [0.2, 0.25) is 5.91 Å². The molecule has 10 heteroatoms. The zero-order valence-corrected chi connectivity index (χ0v) is 17.8. The highest BCUT2D eigenvalue weighted by atomic mass is 16.2. The number of hydrogen-bond donors (Lipinski definition) is 1. The van der Waals surface area contributed by atoms with Crippen LogP contribution in [0.5, 0.6) is 0 Å². The van der Waals surface area contributed by atoms with Gasteiger partial charge in [-0.15, -0.1) is 5.10 Å². The van der Waals surface area contributed by atoms with Gasteiger partial charge in [-0.05, 0) is 45.7 Å². The highest BCUT2D eigenvalue weighted by molar-refractivity contribution is 5.79. The maximum Gasteiger partial charge on any atom is 0.267 e. The highest BCUT2D eigenvalue weighted by Crippen LogP contribution is 2.38. The van der Waals surface area contributed by atoms with Crippen molar-refractivity contribution in [2.45, 2.75) is 52.1 Å². The van der Waals surface area contributed by atoms with Crippen LogP contribution in [0.4, 0.5) is 0 Å². The van der Waals surface area contributed by atoms with Crippen LogP contribution in [0.25, 0.3) is 5.82 Å². The summed E-state index contributed by atoms with van der Waals surface area (Å²) in [5.41, 5.74) is 2.03. The fourth-order valence-electron chi connectivity index (χ4n) is 3.44. The molecule has 1 aliphatic carbocycles. The third-order valence-electron chi connectivity index (χ3n) is 5.33. The molecule has 162 valence electrons. The van der Waals surface area contributed by atoms with E-state index in [0.717, 1.165) is 34.6 Å². The minimum atomic E-state index is -0.823. The average molecular weight is 423 g/mol. The minimum Gasteiger partial charge on any atom is -0.352 e. The van der Waals surface area contributed by atoms with Crippen LogP contribution in [0.3, 0.4) is 0 Å². The maximum atomic E-state index is 12.6. The van der Waals surface area contributed by atoms with Gasteiger partial charge in [-0.25, -0.2) is 14.3 Å². The molecule has 1 fully saturated rings. The van der Waals surface area contributed by atoms with Gasteiger partial charge in [-0.3, -0.25) is 19.0 Å². The van der Waals surface area contributed by atoms with E-state index in [1.165, 1.54) is 17.0 Å². The maximum absolute atomic E-state index is 12.6. The Morgan fingerprint density at radius 1 is 1.16 bits per heavy atom. The van der Waals surface area contributed by atoms with Crippen molar-refractivity contribution in [3.8, 4) is 5.82 Å². The van der Waals surface area contributed by atoms with Crippen molar-refractivity contribution >= 4 is 5.91 Å². The van der Waals surface area contributed by atoms with Gasteiger partial charge in [0.15, 0.2) is 5.82 Å². The molecule has 0 unspecified atom stereocenters. The molecule has 4 rings (SSSR count). The second-order valence-electron chi connectivity index (χ2n) is 7.90. The number of hydrogen-bond acceptors (Lipinski definition) is 6. The normalized spacial score (nSPS) is 14.4. The van der Waals surface area contributed by atoms with E-state index in [0.29, 0.717) is 18.3 Å². The molecule has 0 spiro atoms. The smallest absolute Gasteiger partial charge is 0.267 e. The van der Waals surface area contributed by atoms with Crippen molar-refractivity contribution < 1.29 is 4.79 Å². The average Bonchev–Trinajstić information content (AvgIpc) is 3.53. The van der Waals surface area contributed by atoms with E-state index >= 15 is 0 Å². The number of nitrogens with zero attached hydrogens (tertiary/aromatic N) is 6. The molecule has 0 bridgehead atoms. The molecule has 1 atom stereocenters. The van der Waals surface area contributed by atoms with Gasteiger partial charge in [0.1, 0.15) is 6.04 Å². The molecule has 3 aromatic heterocycles. The topological polar surface area (TPSA) is 117 Å². The zero-order valence-electron chi connectivity index (χ0n) is 17.8. The SMILES string of the molecule is Cc1cc(C)n(-c2ccc(=O)n([C@H](C)C(=O)NCCn3cnc(C4CC4)cc3=O)n2)n1. The van der Waals surface area contributed by atoms with Crippen molar-refractivity contribution in [1.82, 2.24) is 34.4 Å². The van der Waals surface area contributed by atoms with Crippen LogP contribution >= 0.6 is 0 Å². The number of rotatable bonds is 7. The number of nitrogens with one attached hydrogen (secondary N) is 1. The van der Waals surface area contributed by atoms with Crippen LogP contribution in [0.15, 0.2) is 40.2 Å². The van der Waals surface area contributed by atoms with E-state index in [-0.39, 0.29) is 23.6 Å². The Balaban J connectivity index is 1.42. The standard InChI is InChI=1S/C21H25N7O3/c1-13-10-14(2)27(24-13)18-6-7-19(29)28(25-18)15(3)21(31)22-8-9-26-12-23-17(11-20(26)30)16-4-5-16/h6-7,10-12,15-16H,4-5,8-9H2,1-3H3,(H,22,31)/t15-/m1/s1.